The van der Waals surface area contributed by atoms with Gasteiger partial charge in [-0.25, -0.2) is 19.6 Å². The van der Waals surface area contributed by atoms with Crippen molar-refractivity contribution in [1.29, 1.82) is 0 Å². The van der Waals surface area contributed by atoms with Crippen molar-refractivity contribution in [1.82, 2.24) is 35.0 Å². The van der Waals surface area contributed by atoms with Gasteiger partial charge in [0.05, 0.1) is 29.1 Å². The van der Waals surface area contributed by atoms with Crippen molar-refractivity contribution in [2.75, 3.05) is 18.0 Å². The number of hydrogen-bond acceptors (Lipinski definition) is 8. The first-order valence-electron chi connectivity index (χ1n) is 11.9. The third kappa shape index (κ3) is 4.40. The minimum atomic E-state index is -0.161. The van der Waals surface area contributed by atoms with Crippen molar-refractivity contribution in [3.05, 3.63) is 85.0 Å². The zero-order chi connectivity index (χ0) is 24.3. The predicted octanol–water partition coefficient (Wildman–Crippen LogP) is 3.32. The quantitative estimate of drug-likeness (QED) is 0.394. The van der Waals surface area contributed by atoms with Crippen molar-refractivity contribution in [2.24, 2.45) is 0 Å². The summed E-state index contributed by atoms with van der Waals surface area (Å²) in [7, 11) is 0. The number of fused-ring (bicyclic) bond motifs is 1. The first-order valence-corrected chi connectivity index (χ1v) is 11.9. The monoisotopic (exact) mass is 480 g/mol. The third-order valence-corrected chi connectivity index (χ3v) is 6.29. The Morgan fingerprint density at radius 2 is 2.03 bits per heavy atom. The zero-order valence-electron chi connectivity index (χ0n) is 19.5. The number of furan rings is 1. The second-order valence-electron chi connectivity index (χ2n) is 8.72. The summed E-state index contributed by atoms with van der Waals surface area (Å²) in [4.78, 5) is 33.5. The largest absolute Gasteiger partial charge is 0.467 e. The number of nitrogens with zero attached hydrogens (tertiary/aromatic N) is 7. The van der Waals surface area contributed by atoms with Gasteiger partial charge >= 0.3 is 0 Å². The Bertz CT molecular complexity index is 1470. The molecule has 0 radical (unpaired) electrons. The van der Waals surface area contributed by atoms with Gasteiger partial charge < -0.3 is 14.6 Å². The molecule has 36 heavy (non-hydrogen) atoms. The summed E-state index contributed by atoms with van der Waals surface area (Å²) in [6.45, 7) is 1.92. The molecule has 0 spiro atoms. The number of aromatic nitrogens is 6. The van der Waals surface area contributed by atoms with E-state index in [1.54, 1.807) is 48.0 Å². The van der Waals surface area contributed by atoms with E-state index in [4.69, 9.17) is 9.40 Å². The standard InChI is InChI=1S/C26H24N8O2/c35-25(31-19-6-2-11-33(16-19)26-28-9-4-10-29-26)21-13-23(18-5-1-8-27-14-18)32-24-22(21)15-30-34(24)17-20-7-3-12-36-20/h1,3-5,7-10,12-15,19H,2,6,11,16-17H2,(H,31,35). The van der Waals surface area contributed by atoms with Gasteiger partial charge in [-0.1, -0.05) is 0 Å². The molecule has 1 unspecified atom stereocenters. The van der Waals surface area contributed by atoms with Gasteiger partial charge in [0.25, 0.3) is 5.91 Å². The predicted molar refractivity (Wildman–Crippen MR) is 133 cm³/mol. The Kier molecular flexibility index (Phi) is 5.82. The molecule has 180 valence electrons. The van der Waals surface area contributed by atoms with Crippen LogP contribution in [0.2, 0.25) is 0 Å². The number of carbonyl (C=O) groups is 1. The fraction of sp³-hybridized carbons (Fsp3) is 0.231. The molecule has 5 aromatic heterocycles. The van der Waals surface area contributed by atoms with Crippen molar-refractivity contribution < 1.29 is 9.21 Å². The Morgan fingerprint density at radius 3 is 2.83 bits per heavy atom. The summed E-state index contributed by atoms with van der Waals surface area (Å²) in [5.41, 5.74) is 2.62. The highest BCUT2D eigenvalue weighted by molar-refractivity contribution is 6.06. The number of rotatable bonds is 6. The molecule has 1 fully saturated rings. The Morgan fingerprint density at radius 1 is 1.11 bits per heavy atom. The Balaban J connectivity index is 1.32. The first-order chi connectivity index (χ1) is 17.7. The first kappa shape index (κ1) is 21.9. The number of nitrogens with one attached hydrogen (secondary N) is 1. The second kappa shape index (κ2) is 9.57. The van der Waals surface area contributed by atoms with Crippen LogP contribution in [0, 0.1) is 0 Å². The van der Waals surface area contributed by atoms with Crippen molar-refractivity contribution in [3.63, 3.8) is 0 Å². The number of carbonyl (C=O) groups excluding carboxylic acids is 1. The lowest BCUT2D eigenvalue weighted by atomic mass is 10.0. The molecule has 0 saturated carbocycles. The summed E-state index contributed by atoms with van der Waals surface area (Å²) in [5.74, 6) is 1.27. The minimum Gasteiger partial charge on any atom is -0.467 e. The number of amides is 1. The Labute approximate surface area is 207 Å². The van der Waals surface area contributed by atoms with E-state index in [0.717, 1.165) is 30.7 Å². The molecule has 0 aliphatic carbocycles. The number of pyridine rings is 2. The lowest BCUT2D eigenvalue weighted by molar-refractivity contribution is 0.0934. The molecule has 6 heterocycles. The molecule has 1 aliphatic heterocycles. The van der Waals surface area contributed by atoms with Crippen LogP contribution in [0.1, 0.15) is 29.0 Å². The molecule has 5 aromatic rings. The average Bonchev–Trinajstić information content (AvgIpc) is 3.60. The topological polar surface area (TPSA) is 115 Å². The highest BCUT2D eigenvalue weighted by Gasteiger charge is 2.25. The smallest absolute Gasteiger partial charge is 0.252 e. The number of piperidine rings is 1. The van der Waals surface area contributed by atoms with Crippen LogP contribution in [-0.2, 0) is 6.54 Å². The van der Waals surface area contributed by atoms with Gasteiger partial charge in [0.2, 0.25) is 5.95 Å². The van der Waals surface area contributed by atoms with E-state index < -0.39 is 0 Å². The molecule has 0 bridgehead atoms. The van der Waals surface area contributed by atoms with Crippen LogP contribution in [0.4, 0.5) is 5.95 Å². The van der Waals surface area contributed by atoms with Crippen LogP contribution < -0.4 is 10.2 Å². The van der Waals surface area contributed by atoms with Crippen molar-refractivity contribution in [2.45, 2.75) is 25.4 Å². The van der Waals surface area contributed by atoms with Crippen LogP contribution in [0.3, 0.4) is 0 Å². The van der Waals surface area contributed by atoms with Gasteiger partial charge in [0.15, 0.2) is 5.65 Å². The van der Waals surface area contributed by atoms with Crippen LogP contribution in [0.5, 0.6) is 0 Å². The summed E-state index contributed by atoms with van der Waals surface area (Å²) in [5, 5.41) is 8.43. The molecular formula is C26H24N8O2. The molecule has 0 aromatic carbocycles. The number of hydrogen-bond donors (Lipinski definition) is 1. The molecule has 6 rings (SSSR count). The lowest BCUT2D eigenvalue weighted by Crippen LogP contribution is -2.48. The van der Waals surface area contributed by atoms with Crippen LogP contribution in [-0.4, -0.2) is 54.8 Å². The van der Waals surface area contributed by atoms with E-state index in [-0.39, 0.29) is 11.9 Å². The molecule has 10 heteroatoms. The van der Waals surface area contributed by atoms with E-state index in [1.807, 2.05) is 30.3 Å². The van der Waals surface area contributed by atoms with Gasteiger partial charge in [0.1, 0.15) is 12.3 Å². The maximum atomic E-state index is 13.6. The highest BCUT2D eigenvalue weighted by Crippen LogP contribution is 2.26. The summed E-state index contributed by atoms with van der Waals surface area (Å²) >= 11 is 0. The summed E-state index contributed by atoms with van der Waals surface area (Å²) < 4.78 is 7.25. The van der Waals surface area contributed by atoms with E-state index in [0.29, 0.717) is 41.3 Å². The van der Waals surface area contributed by atoms with Gasteiger partial charge in [-0.2, -0.15) is 5.10 Å². The molecule has 10 nitrogen and oxygen atoms in total. The maximum absolute atomic E-state index is 13.6. The number of anilines is 1. The molecule has 1 amide bonds. The van der Waals surface area contributed by atoms with Gasteiger partial charge in [0, 0.05) is 49.5 Å². The maximum Gasteiger partial charge on any atom is 0.252 e. The SMILES string of the molecule is O=C(NC1CCCN(c2ncccn2)C1)c1cc(-c2cccnc2)nc2c1cnn2Cc1ccco1. The average molecular weight is 481 g/mol. The zero-order valence-corrected chi connectivity index (χ0v) is 19.5. The van der Waals surface area contributed by atoms with Crippen molar-refractivity contribution >= 4 is 22.9 Å². The minimum absolute atomic E-state index is 0.0294. The molecule has 1 atom stereocenters. The van der Waals surface area contributed by atoms with E-state index in [1.165, 1.54) is 0 Å². The fourth-order valence-corrected chi connectivity index (χ4v) is 4.56. The summed E-state index contributed by atoms with van der Waals surface area (Å²) in [6.07, 6.45) is 12.1. The molecule has 1 saturated heterocycles. The van der Waals surface area contributed by atoms with E-state index >= 15 is 0 Å². The van der Waals surface area contributed by atoms with Crippen LogP contribution in [0.25, 0.3) is 22.3 Å². The lowest BCUT2D eigenvalue weighted by Gasteiger charge is -2.33. The molecular weight excluding hydrogens is 456 g/mol. The van der Waals surface area contributed by atoms with Gasteiger partial charge in [-0.05, 0) is 49.2 Å². The van der Waals surface area contributed by atoms with E-state index in [9.17, 15) is 4.79 Å². The Hall–Kier alpha value is -4.60. The van der Waals surface area contributed by atoms with Gasteiger partial charge in [-0.3, -0.25) is 9.78 Å². The third-order valence-electron chi connectivity index (χ3n) is 6.29. The fourth-order valence-electron chi connectivity index (χ4n) is 4.56. The van der Waals surface area contributed by atoms with E-state index in [2.05, 4.69) is 30.3 Å². The van der Waals surface area contributed by atoms with Crippen LogP contribution >= 0.6 is 0 Å². The normalized spacial score (nSPS) is 15.8. The highest BCUT2D eigenvalue weighted by atomic mass is 16.3. The van der Waals surface area contributed by atoms with Gasteiger partial charge in [-0.15, -0.1) is 0 Å². The van der Waals surface area contributed by atoms with Crippen molar-refractivity contribution in [3.8, 4) is 11.3 Å². The second-order valence-corrected chi connectivity index (χ2v) is 8.72. The van der Waals surface area contributed by atoms with Crippen LogP contribution in [0.15, 0.2) is 78.1 Å². The summed E-state index contributed by atoms with van der Waals surface area (Å²) in [6, 6.07) is 11.1. The molecule has 1 N–H and O–H groups in total. The molecule has 1 aliphatic rings.